The number of nitrogens with zero attached hydrogens (tertiary/aromatic N) is 1. The number of thioether (sulfide) groups is 2. The minimum absolute atomic E-state index is 0.00301. The van der Waals surface area contributed by atoms with Crippen LogP contribution in [0.1, 0.15) is 23.4 Å². The van der Waals surface area contributed by atoms with Gasteiger partial charge in [0, 0.05) is 5.75 Å². The predicted octanol–water partition coefficient (Wildman–Crippen LogP) is 3.53. The van der Waals surface area contributed by atoms with Gasteiger partial charge in [0.25, 0.3) is 0 Å². The van der Waals surface area contributed by atoms with Crippen LogP contribution in [0, 0.1) is 6.92 Å². The Kier molecular flexibility index (Phi) is 5.35. The van der Waals surface area contributed by atoms with E-state index < -0.39 is 12.0 Å². The third-order valence-electron chi connectivity index (χ3n) is 3.13. The Labute approximate surface area is 133 Å². The minimum Gasteiger partial charge on any atom is -0.480 e. The summed E-state index contributed by atoms with van der Waals surface area (Å²) in [5, 5.41) is 9.39. The number of benzene rings is 1. The average Bonchev–Trinajstić information content (AvgIpc) is 2.84. The summed E-state index contributed by atoms with van der Waals surface area (Å²) in [6, 6.07) is 7.70. The Balaban J connectivity index is 2.29. The topological polar surface area (TPSA) is 40.5 Å². The van der Waals surface area contributed by atoms with Gasteiger partial charge in [0.05, 0.1) is 0 Å². The molecule has 0 bridgehead atoms. The predicted molar refractivity (Wildman–Crippen MR) is 90.4 cm³/mol. The van der Waals surface area contributed by atoms with E-state index in [-0.39, 0.29) is 5.37 Å². The Morgan fingerprint density at radius 3 is 2.70 bits per heavy atom. The second-order valence-corrected chi connectivity index (χ2v) is 7.57. The zero-order chi connectivity index (χ0) is 14.7. The van der Waals surface area contributed by atoms with Crippen LogP contribution in [-0.2, 0) is 4.79 Å². The Hall–Kier alpha value is -0.720. The molecule has 1 heterocycles. The van der Waals surface area contributed by atoms with Crippen LogP contribution in [-0.4, -0.2) is 37.8 Å². The lowest BCUT2D eigenvalue weighted by atomic mass is 10.1. The highest BCUT2D eigenvalue weighted by Crippen LogP contribution is 2.43. The highest BCUT2D eigenvalue weighted by molar-refractivity contribution is 8.23. The van der Waals surface area contributed by atoms with E-state index in [0.29, 0.717) is 10.1 Å². The number of aryl methyl sites for hydroxylation is 1. The fourth-order valence-electron chi connectivity index (χ4n) is 2.11. The van der Waals surface area contributed by atoms with Crippen molar-refractivity contribution in [3.63, 3.8) is 0 Å². The maximum Gasteiger partial charge on any atom is 0.327 e. The SMILES string of the molecule is CCSC(=S)N1[C@@H](C(=O)O)CS[C@H]1c1ccc(C)cc1. The fraction of sp³-hybridized carbons (Fsp3) is 0.429. The Morgan fingerprint density at radius 2 is 2.15 bits per heavy atom. The lowest BCUT2D eigenvalue weighted by Gasteiger charge is -2.29. The van der Waals surface area contributed by atoms with Crippen LogP contribution in [0.3, 0.4) is 0 Å². The van der Waals surface area contributed by atoms with Crippen molar-refractivity contribution in [1.82, 2.24) is 4.90 Å². The van der Waals surface area contributed by atoms with Crippen molar-refractivity contribution in [2.45, 2.75) is 25.3 Å². The molecule has 0 unspecified atom stereocenters. The molecule has 1 N–H and O–H groups in total. The molecule has 0 aliphatic carbocycles. The molecule has 0 spiro atoms. The van der Waals surface area contributed by atoms with Crippen LogP contribution in [0.2, 0.25) is 0 Å². The molecule has 3 nitrogen and oxygen atoms in total. The molecule has 0 amide bonds. The largest absolute Gasteiger partial charge is 0.480 e. The monoisotopic (exact) mass is 327 g/mol. The molecule has 1 aromatic carbocycles. The van der Waals surface area contributed by atoms with Crippen LogP contribution < -0.4 is 0 Å². The number of hydrogen-bond acceptors (Lipinski definition) is 4. The molecular formula is C14H17NO2S3. The lowest BCUT2D eigenvalue weighted by Crippen LogP contribution is -2.41. The van der Waals surface area contributed by atoms with E-state index in [9.17, 15) is 9.90 Å². The van der Waals surface area contributed by atoms with Crippen LogP contribution in [0.15, 0.2) is 24.3 Å². The van der Waals surface area contributed by atoms with E-state index >= 15 is 0 Å². The minimum atomic E-state index is -0.800. The molecule has 108 valence electrons. The zero-order valence-corrected chi connectivity index (χ0v) is 13.9. The number of carboxylic acids is 1. The maximum atomic E-state index is 11.4. The summed E-state index contributed by atoms with van der Waals surface area (Å²) in [6.07, 6.45) is 0. The Bertz CT molecular complexity index is 504. The van der Waals surface area contributed by atoms with Crippen molar-refractivity contribution in [1.29, 1.82) is 0 Å². The molecular weight excluding hydrogens is 310 g/mol. The van der Waals surface area contributed by atoms with Crippen LogP contribution in [0.25, 0.3) is 0 Å². The number of carbonyl (C=O) groups is 1. The van der Waals surface area contributed by atoms with Crippen molar-refractivity contribution in [2.75, 3.05) is 11.5 Å². The van der Waals surface area contributed by atoms with Gasteiger partial charge in [0.2, 0.25) is 0 Å². The van der Waals surface area contributed by atoms with Gasteiger partial charge in [-0.3, -0.25) is 0 Å². The molecule has 6 heteroatoms. The van der Waals surface area contributed by atoms with Gasteiger partial charge in [-0.05, 0) is 18.2 Å². The molecule has 20 heavy (non-hydrogen) atoms. The van der Waals surface area contributed by atoms with Gasteiger partial charge in [0.1, 0.15) is 15.7 Å². The van der Waals surface area contributed by atoms with Crippen molar-refractivity contribution in [3.05, 3.63) is 35.4 Å². The number of aliphatic carboxylic acids is 1. The van der Waals surface area contributed by atoms with Crippen molar-refractivity contribution >= 4 is 46.0 Å². The van der Waals surface area contributed by atoms with E-state index in [4.69, 9.17) is 12.2 Å². The van der Waals surface area contributed by atoms with E-state index in [2.05, 4.69) is 24.3 Å². The molecule has 1 fully saturated rings. The van der Waals surface area contributed by atoms with Crippen molar-refractivity contribution in [2.24, 2.45) is 0 Å². The second kappa shape index (κ2) is 6.83. The number of thiocarbonyl (C=S) groups is 1. The summed E-state index contributed by atoms with van der Waals surface area (Å²) < 4.78 is 0.676. The van der Waals surface area contributed by atoms with Crippen molar-refractivity contribution < 1.29 is 9.90 Å². The van der Waals surface area contributed by atoms with Crippen molar-refractivity contribution in [3.8, 4) is 0 Å². The van der Waals surface area contributed by atoms with Gasteiger partial charge in [-0.25, -0.2) is 4.79 Å². The van der Waals surface area contributed by atoms with Gasteiger partial charge in [0.15, 0.2) is 0 Å². The first-order valence-corrected chi connectivity index (χ1v) is 8.85. The van der Waals surface area contributed by atoms with Gasteiger partial charge in [-0.2, -0.15) is 0 Å². The lowest BCUT2D eigenvalue weighted by molar-refractivity contribution is -0.140. The van der Waals surface area contributed by atoms with Gasteiger partial charge in [-0.1, -0.05) is 60.7 Å². The molecule has 1 aromatic rings. The molecule has 0 aromatic heterocycles. The third kappa shape index (κ3) is 3.30. The number of rotatable bonds is 3. The Morgan fingerprint density at radius 1 is 1.50 bits per heavy atom. The summed E-state index contributed by atoms with van der Waals surface area (Å²) in [5.74, 6) is 0.622. The van der Waals surface area contributed by atoms with Crippen LogP contribution in [0.4, 0.5) is 0 Å². The first-order valence-electron chi connectivity index (χ1n) is 6.40. The third-order valence-corrected chi connectivity index (χ3v) is 5.76. The second-order valence-electron chi connectivity index (χ2n) is 4.56. The van der Waals surface area contributed by atoms with Gasteiger partial charge >= 0.3 is 5.97 Å². The quantitative estimate of drug-likeness (QED) is 0.857. The highest BCUT2D eigenvalue weighted by atomic mass is 32.2. The van der Waals surface area contributed by atoms with Crippen LogP contribution >= 0.6 is 35.7 Å². The summed E-state index contributed by atoms with van der Waals surface area (Å²) >= 11 is 8.60. The zero-order valence-electron chi connectivity index (χ0n) is 11.4. The first kappa shape index (κ1) is 15.7. The van der Waals surface area contributed by atoms with E-state index in [0.717, 1.165) is 11.3 Å². The summed E-state index contributed by atoms with van der Waals surface area (Å²) in [4.78, 5) is 13.3. The summed E-state index contributed by atoms with van der Waals surface area (Å²) in [6.45, 7) is 4.07. The molecule has 1 saturated heterocycles. The molecule has 1 aliphatic heterocycles. The first-order chi connectivity index (χ1) is 9.54. The fourth-order valence-corrected chi connectivity index (χ4v) is 4.88. The molecule has 0 saturated carbocycles. The van der Waals surface area contributed by atoms with Crippen LogP contribution in [0.5, 0.6) is 0 Å². The number of hydrogen-bond donors (Lipinski definition) is 1. The van der Waals surface area contributed by atoms with Gasteiger partial charge < -0.3 is 10.0 Å². The van der Waals surface area contributed by atoms with E-state index in [1.807, 2.05) is 18.7 Å². The molecule has 0 radical (unpaired) electrons. The maximum absolute atomic E-state index is 11.4. The van der Waals surface area contributed by atoms with E-state index in [1.165, 1.54) is 17.3 Å². The number of carboxylic acid groups (broad SMARTS) is 1. The smallest absolute Gasteiger partial charge is 0.327 e. The highest BCUT2D eigenvalue weighted by Gasteiger charge is 2.40. The van der Waals surface area contributed by atoms with Gasteiger partial charge in [-0.15, -0.1) is 11.8 Å². The average molecular weight is 327 g/mol. The summed E-state index contributed by atoms with van der Waals surface area (Å²) in [5.41, 5.74) is 2.31. The molecule has 2 rings (SSSR count). The molecule has 1 aliphatic rings. The molecule has 2 atom stereocenters. The normalized spacial score (nSPS) is 22.0. The summed E-state index contributed by atoms with van der Waals surface area (Å²) in [7, 11) is 0. The standard InChI is InChI=1S/C14H17NO2S3/c1-3-19-14(18)15-11(13(16)17)8-20-12(15)10-6-4-9(2)5-7-10/h4-7,11-12H,3,8H2,1-2H3,(H,16,17)/t11-,12+/m1/s1. The van der Waals surface area contributed by atoms with E-state index in [1.54, 1.807) is 11.8 Å².